The van der Waals surface area contributed by atoms with Gasteiger partial charge in [0, 0.05) is 41.2 Å². The molecule has 1 aliphatic carbocycles. The minimum Gasteiger partial charge on any atom is -0.494 e. The molecule has 7 nitrogen and oxygen atoms in total. The van der Waals surface area contributed by atoms with Crippen molar-refractivity contribution in [2.45, 2.75) is 32.6 Å². The van der Waals surface area contributed by atoms with Gasteiger partial charge in [0.2, 0.25) is 5.91 Å². The lowest BCUT2D eigenvalue weighted by atomic mass is 9.66. The Morgan fingerprint density at radius 1 is 1.15 bits per heavy atom. The second kappa shape index (κ2) is 8.31. The van der Waals surface area contributed by atoms with Crippen LogP contribution in [0.5, 0.6) is 5.75 Å². The molecule has 1 amide bonds. The summed E-state index contributed by atoms with van der Waals surface area (Å²) in [5, 5.41) is 8.66. The summed E-state index contributed by atoms with van der Waals surface area (Å²) in [5.74, 6) is 0.638. The van der Waals surface area contributed by atoms with E-state index in [-0.39, 0.29) is 11.3 Å². The highest BCUT2D eigenvalue weighted by Crippen LogP contribution is 2.45. The molecular formula is C26H27N5O2. The second-order valence-electron chi connectivity index (χ2n) is 8.66. The lowest BCUT2D eigenvalue weighted by Gasteiger charge is -2.39. The highest BCUT2D eigenvalue weighted by atomic mass is 16.5. The topological polar surface area (TPSA) is 81.9 Å². The van der Waals surface area contributed by atoms with E-state index in [2.05, 4.69) is 22.2 Å². The Hall–Kier alpha value is -3.74. The molecule has 0 unspecified atom stereocenters. The van der Waals surface area contributed by atoms with Gasteiger partial charge in [-0.25, -0.2) is 9.97 Å². The molecule has 0 atom stereocenters. The molecule has 0 aliphatic heterocycles. The van der Waals surface area contributed by atoms with E-state index in [0.29, 0.717) is 11.4 Å². The van der Waals surface area contributed by atoms with E-state index in [1.165, 1.54) is 0 Å². The lowest BCUT2D eigenvalue weighted by Crippen LogP contribution is -2.41. The number of fused-ring (bicyclic) bond motifs is 1. The van der Waals surface area contributed by atoms with E-state index >= 15 is 0 Å². The third-order valence-corrected chi connectivity index (χ3v) is 6.81. The van der Waals surface area contributed by atoms with E-state index in [0.717, 1.165) is 59.1 Å². The van der Waals surface area contributed by atoms with Gasteiger partial charge in [0.05, 0.1) is 24.0 Å². The number of aromatic nitrogens is 4. The van der Waals surface area contributed by atoms with Crippen LogP contribution in [-0.4, -0.2) is 32.8 Å². The van der Waals surface area contributed by atoms with Crippen LogP contribution >= 0.6 is 0 Å². The van der Waals surface area contributed by atoms with Crippen molar-refractivity contribution in [3.8, 4) is 28.3 Å². The number of carbonyl (C=O) groups is 1. The summed E-state index contributed by atoms with van der Waals surface area (Å²) >= 11 is 0. The standard InChI is InChI=1S/C26H27N5O2/c1-4-26(11-8-12-26)25(32)29-21-13-18-20(14-22(21)33-3)27-16-28-24(18)19-15-31(2)30-23(19)17-9-6-5-7-10-17/h5-7,9-10,13-16H,4,8,11-12H2,1-3H3,(H,29,32). The molecule has 0 bridgehead atoms. The lowest BCUT2D eigenvalue weighted by molar-refractivity contribution is -0.130. The fourth-order valence-corrected chi connectivity index (χ4v) is 4.64. The fourth-order valence-electron chi connectivity index (χ4n) is 4.64. The maximum atomic E-state index is 13.1. The Bertz CT molecular complexity index is 1320. The van der Waals surface area contributed by atoms with Crippen LogP contribution in [0.2, 0.25) is 0 Å². The molecule has 5 rings (SSSR count). The van der Waals surface area contributed by atoms with Crippen molar-refractivity contribution in [3.05, 3.63) is 55.0 Å². The molecule has 0 spiro atoms. The maximum Gasteiger partial charge on any atom is 0.230 e. The smallest absolute Gasteiger partial charge is 0.230 e. The average Bonchev–Trinajstić information content (AvgIpc) is 3.20. The number of rotatable bonds is 6. The summed E-state index contributed by atoms with van der Waals surface area (Å²) in [5.41, 5.74) is 4.62. The van der Waals surface area contributed by atoms with Crippen LogP contribution in [0.25, 0.3) is 33.4 Å². The number of ether oxygens (including phenoxy) is 1. The van der Waals surface area contributed by atoms with Gasteiger partial charge >= 0.3 is 0 Å². The third-order valence-electron chi connectivity index (χ3n) is 6.81. The van der Waals surface area contributed by atoms with Crippen molar-refractivity contribution in [2.75, 3.05) is 12.4 Å². The van der Waals surface area contributed by atoms with Gasteiger partial charge < -0.3 is 10.1 Å². The zero-order valence-corrected chi connectivity index (χ0v) is 19.1. The van der Waals surface area contributed by atoms with Gasteiger partial charge in [-0.05, 0) is 25.3 Å². The minimum atomic E-state index is -0.278. The van der Waals surface area contributed by atoms with Crippen LogP contribution in [0.4, 0.5) is 5.69 Å². The van der Waals surface area contributed by atoms with Crippen LogP contribution in [0.1, 0.15) is 32.6 Å². The summed E-state index contributed by atoms with van der Waals surface area (Å²) in [4.78, 5) is 22.2. The maximum absolute atomic E-state index is 13.1. The predicted molar refractivity (Wildman–Crippen MR) is 129 cm³/mol. The number of benzene rings is 2. The first-order valence-corrected chi connectivity index (χ1v) is 11.3. The predicted octanol–water partition coefficient (Wildman–Crippen LogP) is 5.22. The average molecular weight is 442 g/mol. The van der Waals surface area contributed by atoms with Gasteiger partial charge in [0.1, 0.15) is 17.8 Å². The van der Waals surface area contributed by atoms with E-state index in [9.17, 15) is 4.79 Å². The number of anilines is 1. The normalized spacial score (nSPS) is 14.6. The van der Waals surface area contributed by atoms with Gasteiger partial charge in [-0.3, -0.25) is 9.48 Å². The van der Waals surface area contributed by atoms with Gasteiger partial charge in [0.15, 0.2) is 0 Å². The van der Waals surface area contributed by atoms with E-state index in [1.807, 2.05) is 55.7 Å². The van der Waals surface area contributed by atoms with Crippen molar-refractivity contribution in [1.82, 2.24) is 19.7 Å². The number of aryl methyl sites for hydroxylation is 1. The van der Waals surface area contributed by atoms with Gasteiger partial charge in [0.25, 0.3) is 0 Å². The molecular weight excluding hydrogens is 414 g/mol. The summed E-state index contributed by atoms with van der Waals surface area (Å²) in [6.45, 7) is 2.08. The highest BCUT2D eigenvalue weighted by Gasteiger charge is 2.42. The molecule has 4 aromatic rings. The number of nitrogens with one attached hydrogen (secondary N) is 1. The van der Waals surface area contributed by atoms with Crippen molar-refractivity contribution in [3.63, 3.8) is 0 Å². The molecule has 1 saturated carbocycles. The first-order chi connectivity index (χ1) is 16.0. The zero-order valence-electron chi connectivity index (χ0n) is 19.1. The SMILES string of the molecule is CCC1(C(=O)Nc2cc3c(-c4cn(C)nc4-c4ccccc4)ncnc3cc2OC)CCC1. The Morgan fingerprint density at radius 3 is 2.61 bits per heavy atom. The zero-order chi connectivity index (χ0) is 23.0. The van der Waals surface area contributed by atoms with Gasteiger partial charge in [-0.2, -0.15) is 5.10 Å². The molecule has 1 N–H and O–H groups in total. The van der Waals surface area contributed by atoms with Crippen molar-refractivity contribution >= 4 is 22.5 Å². The van der Waals surface area contributed by atoms with Gasteiger partial charge in [-0.1, -0.05) is 43.7 Å². The number of hydrogen-bond acceptors (Lipinski definition) is 5. The second-order valence-corrected chi connectivity index (χ2v) is 8.66. The van der Waals surface area contributed by atoms with E-state index in [1.54, 1.807) is 18.1 Å². The monoisotopic (exact) mass is 441 g/mol. The molecule has 168 valence electrons. The molecule has 2 aromatic carbocycles. The summed E-state index contributed by atoms with van der Waals surface area (Å²) in [6, 6.07) is 13.8. The number of carbonyl (C=O) groups excluding carboxylic acids is 1. The summed E-state index contributed by atoms with van der Waals surface area (Å²) < 4.78 is 7.39. The van der Waals surface area contributed by atoms with Crippen LogP contribution in [0.15, 0.2) is 55.0 Å². The molecule has 33 heavy (non-hydrogen) atoms. The largest absolute Gasteiger partial charge is 0.494 e. The number of nitrogens with zero attached hydrogens (tertiary/aromatic N) is 4. The van der Waals surface area contributed by atoms with Crippen LogP contribution in [-0.2, 0) is 11.8 Å². The molecule has 1 aliphatic rings. The Kier molecular flexibility index (Phi) is 5.32. The Labute approximate surface area is 192 Å². The van der Waals surface area contributed by atoms with E-state index in [4.69, 9.17) is 9.84 Å². The third kappa shape index (κ3) is 3.63. The summed E-state index contributed by atoms with van der Waals surface area (Å²) in [7, 11) is 3.50. The fraction of sp³-hybridized carbons (Fsp3) is 0.308. The van der Waals surface area contributed by atoms with Crippen LogP contribution in [0, 0.1) is 5.41 Å². The quantitative estimate of drug-likeness (QED) is 0.443. The Morgan fingerprint density at radius 2 is 1.94 bits per heavy atom. The van der Waals surface area contributed by atoms with E-state index < -0.39 is 0 Å². The number of methoxy groups -OCH3 is 1. The number of hydrogen-bond donors (Lipinski definition) is 1. The first-order valence-electron chi connectivity index (χ1n) is 11.3. The molecule has 0 saturated heterocycles. The first kappa shape index (κ1) is 21.1. The van der Waals surface area contributed by atoms with Crippen LogP contribution < -0.4 is 10.1 Å². The molecule has 7 heteroatoms. The minimum absolute atomic E-state index is 0.0543. The molecule has 2 heterocycles. The highest BCUT2D eigenvalue weighted by molar-refractivity contribution is 6.03. The van der Waals surface area contributed by atoms with Crippen LogP contribution in [0.3, 0.4) is 0 Å². The molecule has 1 fully saturated rings. The molecule has 2 aromatic heterocycles. The Balaban J connectivity index is 1.64. The van der Waals surface area contributed by atoms with Crippen molar-refractivity contribution in [2.24, 2.45) is 12.5 Å². The number of amides is 1. The summed E-state index contributed by atoms with van der Waals surface area (Å²) in [6.07, 6.45) is 7.30. The van der Waals surface area contributed by atoms with Gasteiger partial charge in [-0.15, -0.1) is 0 Å². The van der Waals surface area contributed by atoms with Crippen molar-refractivity contribution < 1.29 is 9.53 Å². The molecule has 0 radical (unpaired) electrons. The van der Waals surface area contributed by atoms with Crippen molar-refractivity contribution in [1.29, 1.82) is 0 Å².